The molecule has 1 aliphatic rings. The molecule has 0 bridgehead atoms. The van der Waals surface area contributed by atoms with Crippen LogP contribution < -0.4 is 0 Å². The van der Waals surface area contributed by atoms with Gasteiger partial charge in [0.2, 0.25) is 0 Å². The Bertz CT molecular complexity index is 265. The van der Waals surface area contributed by atoms with Crippen LogP contribution in [0.2, 0.25) is 0 Å². The molecule has 0 spiro atoms. The van der Waals surface area contributed by atoms with Gasteiger partial charge in [-0.05, 0) is 24.3 Å². The fourth-order valence-corrected chi connectivity index (χ4v) is 2.13. The zero-order valence-electron chi connectivity index (χ0n) is 8.39. The van der Waals surface area contributed by atoms with Gasteiger partial charge in [-0.1, -0.05) is 30.3 Å². The Morgan fingerprint density at radius 3 is 2.36 bits per heavy atom. The van der Waals surface area contributed by atoms with Crippen LogP contribution >= 0.6 is 0 Å². The van der Waals surface area contributed by atoms with Crippen LogP contribution in [0.25, 0.3) is 0 Å². The van der Waals surface area contributed by atoms with Crippen molar-refractivity contribution >= 4 is 0 Å². The molecule has 0 unspecified atom stereocenters. The normalized spacial score (nSPS) is 19.8. The Morgan fingerprint density at radius 1 is 1.14 bits per heavy atom. The maximum absolute atomic E-state index is 8.97. The highest BCUT2D eigenvalue weighted by atomic mass is 16.3. The van der Waals surface area contributed by atoms with Gasteiger partial charge >= 0.3 is 0 Å². The molecule has 2 nitrogen and oxygen atoms in total. The van der Waals surface area contributed by atoms with E-state index in [0.717, 1.165) is 13.1 Å². The van der Waals surface area contributed by atoms with E-state index in [1.54, 1.807) is 0 Å². The predicted octanol–water partition coefficient (Wildman–Crippen LogP) is 1.82. The standard InChI is InChI=1S/C12H17NO/c14-10-13-8-6-12(7-9-13)11-4-2-1-3-5-11/h1-5,12,14H,6-10H2. The zero-order valence-corrected chi connectivity index (χ0v) is 8.39. The number of hydrogen-bond acceptors (Lipinski definition) is 2. The highest BCUT2D eigenvalue weighted by molar-refractivity contribution is 5.19. The van der Waals surface area contributed by atoms with Gasteiger partial charge in [-0.25, -0.2) is 0 Å². The van der Waals surface area contributed by atoms with Crippen LogP contribution in [0, 0.1) is 0 Å². The van der Waals surface area contributed by atoms with E-state index >= 15 is 0 Å². The van der Waals surface area contributed by atoms with Crippen molar-refractivity contribution in [3.63, 3.8) is 0 Å². The first-order valence-corrected chi connectivity index (χ1v) is 5.28. The third-order valence-corrected chi connectivity index (χ3v) is 3.06. The topological polar surface area (TPSA) is 23.5 Å². The largest absolute Gasteiger partial charge is 0.381 e. The van der Waals surface area contributed by atoms with Crippen molar-refractivity contribution in [1.29, 1.82) is 0 Å². The number of aliphatic hydroxyl groups excluding tert-OH is 1. The molecule has 1 aliphatic heterocycles. The van der Waals surface area contributed by atoms with Gasteiger partial charge in [0.15, 0.2) is 0 Å². The van der Waals surface area contributed by atoms with Crippen molar-refractivity contribution in [3.05, 3.63) is 35.9 Å². The monoisotopic (exact) mass is 191 g/mol. The summed E-state index contributed by atoms with van der Waals surface area (Å²) in [5, 5.41) is 8.97. The molecule has 76 valence electrons. The first kappa shape index (κ1) is 9.69. The second kappa shape index (κ2) is 4.58. The minimum atomic E-state index is 0.210. The average molecular weight is 191 g/mol. The summed E-state index contributed by atoms with van der Waals surface area (Å²) in [4.78, 5) is 2.10. The molecule has 1 heterocycles. The molecule has 2 rings (SSSR count). The number of likely N-dealkylation sites (tertiary alicyclic amines) is 1. The maximum Gasteiger partial charge on any atom is 0.0956 e. The average Bonchev–Trinajstić information content (AvgIpc) is 2.30. The van der Waals surface area contributed by atoms with Crippen LogP contribution in [-0.4, -0.2) is 29.8 Å². The summed E-state index contributed by atoms with van der Waals surface area (Å²) >= 11 is 0. The minimum Gasteiger partial charge on any atom is -0.381 e. The molecule has 14 heavy (non-hydrogen) atoms. The summed E-state index contributed by atoms with van der Waals surface area (Å²) in [6, 6.07) is 10.7. The van der Waals surface area contributed by atoms with Gasteiger partial charge in [0.25, 0.3) is 0 Å². The second-order valence-electron chi connectivity index (χ2n) is 3.94. The molecule has 0 atom stereocenters. The predicted molar refractivity (Wildman–Crippen MR) is 57.1 cm³/mol. The second-order valence-corrected chi connectivity index (χ2v) is 3.94. The van der Waals surface area contributed by atoms with Crippen LogP contribution in [0.4, 0.5) is 0 Å². The zero-order chi connectivity index (χ0) is 9.80. The smallest absolute Gasteiger partial charge is 0.0956 e. The lowest BCUT2D eigenvalue weighted by Crippen LogP contribution is -2.33. The van der Waals surface area contributed by atoms with Gasteiger partial charge in [-0.2, -0.15) is 0 Å². The van der Waals surface area contributed by atoms with E-state index in [9.17, 15) is 0 Å². The molecule has 1 fully saturated rings. The molecule has 0 aromatic heterocycles. The number of benzene rings is 1. The van der Waals surface area contributed by atoms with E-state index in [-0.39, 0.29) is 6.73 Å². The number of rotatable bonds is 2. The molecular weight excluding hydrogens is 174 g/mol. The Balaban J connectivity index is 1.96. The fourth-order valence-electron chi connectivity index (χ4n) is 2.13. The molecule has 1 aromatic carbocycles. The molecule has 0 aliphatic carbocycles. The number of nitrogens with zero attached hydrogens (tertiary/aromatic N) is 1. The maximum atomic E-state index is 8.97. The summed E-state index contributed by atoms with van der Waals surface area (Å²) in [6.45, 7) is 2.26. The lowest BCUT2D eigenvalue weighted by molar-refractivity contribution is 0.0837. The molecule has 1 aromatic rings. The third kappa shape index (κ3) is 2.14. The third-order valence-electron chi connectivity index (χ3n) is 3.06. The molecule has 0 saturated carbocycles. The lowest BCUT2D eigenvalue weighted by Gasteiger charge is -2.30. The molecule has 0 amide bonds. The van der Waals surface area contributed by atoms with Crippen molar-refractivity contribution in [2.75, 3.05) is 19.8 Å². The van der Waals surface area contributed by atoms with Crippen LogP contribution in [0.3, 0.4) is 0 Å². The molecule has 2 heteroatoms. The Labute approximate surface area is 85.2 Å². The molecule has 1 N–H and O–H groups in total. The van der Waals surface area contributed by atoms with Gasteiger partial charge in [0, 0.05) is 13.1 Å². The van der Waals surface area contributed by atoms with Crippen molar-refractivity contribution < 1.29 is 5.11 Å². The van der Waals surface area contributed by atoms with E-state index in [1.807, 2.05) is 0 Å². The van der Waals surface area contributed by atoms with Crippen LogP contribution in [0.1, 0.15) is 24.3 Å². The highest BCUT2D eigenvalue weighted by Gasteiger charge is 2.19. The van der Waals surface area contributed by atoms with E-state index in [0.29, 0.717) is 5.92 Å². The van der Waals surface area contributed by atoms with Crippen LogP contribution in [-0.2, 0) is 0 Å². The van der Waals surface area contributed by atoms with Crippen LogP contribution in [0.5, 0.6) is 0 Å². The van der Waals surface area contributed by atoms with Crippen molar-refractivity contribution in [2.45, 2.75) is 18.8 Å². The van der Waals surface area contributed by atoms with Gasteiger partial charge in [-0.3, -0.25) is 4.90 Å². The fraction of sp³-hybridized carbons (Fsp3) is 0.500. The van der Waals surface area contributed by atoms with E-state index in [1.165, 1.54) is 18.4 Å². The summed E-state index contributed by atoms with van der Waals surface area (Å²) < 4.78 is 0. The van der Waals surface area contributed by atoms with E-state index < -0.39 is 0 Å². The van der Waals surface area contributed by atoms with Gasteiger partial charge in [0.05, 0.1) is 6.73 Å². The summed E-state index contributed by atoms with van der Waals surface area (Å²) in [5.74, 6) is 0.694. The quantitative estimate of drug-likeness (QED) is 0.770. The molecular formula is C12H17NO. The van der Waals surface area contributed by atoms with Gasteiger partial charge in [0.1, 0.15) is 0 Å². The number of piperidine rings is 1. The Hall–Kier alpha value is -0.860. The van der Waals surface area contributed by atoms with E-state index in [2.05, 4.69) is 35.2 Å². The van der Waals surface area contributed by atoms with Crippen LogP contribution in [0.15, 0.2) is 30.3 Å². The highest BCUT2D eigenvalue weighted by Crippen LogP contribution is 2.27. The van der Waals surface area contributed by atoms with Crippen molar-refractivity contribution in [2.24, 2.45) is 0 Å². The van der Waals surface area contributed by atoms with Gasteiger partial charge in [-0.15, -0.1) is 0 Å². The first-order valence-electron chi connectivity index (χ1n) is 5.28. The van der Waals surface area contributed by atoms with Crippen molar-refractivity contribution in [3.8, 4) is 0 Å². The van der Waals surface area contributed by atoms with E-state index in [4.69, 9.17) is 5.11 Å². The summed E-state index contributed by atoms with van der Waals surface area (Å²) in [5.41, 5.74) is 1.45. The number of hydrogen-bond donors (Lipinski definition) is 1. The summed E-state index contributed by atoms with van der Waals surface area (Å²) in [6.07, 6.45) is 2.34. The Morgan fingerprint density at radius 2 is 1.79 bits per heavy atom. The minimum absolute atomic E-state index is 0.210. The first-order chi connectivity index (χ1) is 6.90. The lowest BCUT2D eigenvalue weighted by atomic mass is 9.90. The summed E-state index contributed by atoms with van der Waals surface area (Å²) in [7, 11) is 0. The van der Waals surface area contributed by atoms with Crippen molar-refractivity contribution in [1.82, 2.24) is 4.90 Å². The SMILES string of the molecule is OCN1CCC(c2ccccc2)CC1. The Kier molecular flexibility index (Phi) is 3.17. The number of aliphatic hydroxyl groups is 1. The molecule has 1 saturated heterocycles. The molecule has 0 radical (unpaired) electrons. The van der Waals surface area contributed by atoms with Gasteiger partial charge < -0.3 is 5.11 Å².